The molecule has 10 heteroatoms. The Hall–Kier alpha value is -4.24. The first-order valence-corrected chi connectivity index (χ1v) is 11.7. The van der Waals surface area contributed by atoms with Gasteiger partial charge in [0.15, 0.2) is 5.82 Å². The third-order valence-corrected chi connectivity index (χ3v) is 6.12. The number of nitrogens with zero attached hydrogens (tertiary/aromatic N) is 5. The molecule has 1 unspecified atom stereocenters. The number of aromatic nitrogens is 5. The number of amides is 1. The summed E-state index contributed by atoms with van der Waals surface area (Å²) in [4.78, 5) is 17.0. The highest BCUT2D eigenvalue weighted by atomic mass is 35.5. The molecule has 0 bridgehead atoms. The Labute approximate surface area is 211 Å². The van der Waals surface area contributed by atoms with Crippen molar-refractivity contribution >= 4 is 28.8 Å². The number of aryl methyl sites for hydroxylation is 1. The van der Waals surface area contributed by atoms with Crippen molar-refractivity contribution in [3.8, 4) is 17.1 Å². The van der Waals surface area contributed by atoms with Crippen molar-refractivity contribution < 1.29 is 9.18 Å². The maximum atomic E-state index is 14.5. The third kappa shape index (κ3) is 4.40. The standard InChI is InChI=1S/C26H23ClFN7O/c1-15-5-4-6-25(31-15)35-22(17-9-10-34-23(11-17)20(14-30-34)26(36)29-3)13-24(33-35)32-16(2)19-8-7-18(27)12-21(19)28/h4-14,16H,1-3H3,(H,29,36)(H,32,33). The van der Waals surface area contributed by atoms with E-state index in [1.54, 1.807) is 34.6 Å². The molecule has 5 rings (SSSR count). The largest absolute Gasteiger partial charge is 0.362 e. The summed E-state index contributed by atoms with van der Waals surface area (Å²) in [6, 6.07) is 15.6. The van der Waals surface area contributed by atoms with Crippen molar-refractivity contribution in [2.45, 2.75) is 19.9 Å². The van der Waals surface area contributed by atoms with Crippen LogP contribution in [-0.2, 0) is 0 Å². The first-order chi connectivity index (χ1) is 17.3. The molecule has 182 valence electrons. The number of hydrogen-bond acceptors (Lipinski definition) is 5. The summed E-state index contributed by atoms with van der Waals surface area (Å²) in [5, 5.41) is 15.3. The molecule has 36 heavy (non-hydrogen) atoms. The van der Waals surface area contributed by atoms with Gasteiger partial charge in [0.1, 0.15) is 11.6 Å². The smallest absolute Gasteiger partial charge is 0.254 e. The average Bonchev–Trinajstić information content (AvgIpc) is 3.47. The number of nitrogens with one attached hydrogen (secondary N) is 2. The quantitative estimate of drug-likeness (QED) is 0.332. The topological polar surface area (TPSA) is 89.1 Å². The maximum Gasteiger partial charge on any atom is 0.254 e. The average molecular weight is 504 g/mol. The predicted octanol–water partition coefficient (Wildman–Crippen LogP) is 5.22. The number of halogens is 2. The van der Waals surface area contributed by atoms with Crippen molar-refractivity contribution in [2.75, 3.05) is 12.4 Å². The van der Waals surface area contributed by atoms with E-state index in [1.165, 1.54) is 12.3 Å². The molecule has 0 aliphatic heterocycles. The predicted molar refractivity (Wildman–Crippen MR) is 137 cm³/mol. The number of carbonyl (C=O) groups is 1. The molecule has 4 aromatic heterocycles. The Morgan fingerprint density at radius 3 is 2.72 bits per heavy atom. The molecule has 0 aliphatic carbocycles. The second-order valence-electron chi connectivity index (χ2n) is 8.38. The zero-order valence-electron chi connectivity index (χ0n) is 19.8. The van der Waals surface area contributed by atoms with E-state index in [-0.39, 0.29) is 11.9 Å². The molecule has 1 amide bonds. The van der Waals surface area contributed by atoms with E-state index in [9.17, 15) is 9.18 Å². The van der Waals surface area contributed by atoms with Crippen LogP contribution in [0.15, 0.2) is 67.0 Å². The van der Waals surface area contributed by atoms with Crippen LogP contribution in [-0.4, -0.2) is 37.3 Å². The first-order valence-electron chi connectivity index (χ1n) is 11.3. The van der Waals surface area contributed by atoms with Crippen molar-refractivity contribution in [2.24, 2.45) is 0 Å². The van der Waals surface area contributed by atoms with Gasteiger partial charge in [0, 0.05) is 41.2 Å². The monoisotopic (exact) mass is 503 g/mol. The fraction of sp³-hybridized carbons (Fsp3) is 0.154. The second kappa shape index (κ2) is 9.43. The maximum absolute atomic E-state index is 14.5. The molecule has 4 heterocycles. The molecular formula is C26H23ClFN7O. The first kappa shape index (κ1) is 23.5. The lowest BCUT2D eigenvalue weighted by Crippen LogP contribution is -2.17. The van der Waals surface area contributed by atoms with E-state index < -0.39 is 5.82 Å². The normalized spacial score (nSPS) is 12.0. The van der Waals surface area contributed by atoms with Gasteiger partial charge in [-0.3, -0.25) is 4.79 Å². The molecule has 8 nitrogen and oxygen atoms in total. The Morgan fingerprint density at radius 2 is 1.97 bits per heavy atom. The zero-order chi connectivity index (χ0) is 25.4. The SMILES string of the molecule is CNC(=O)c1cnn2ccc(-c3cc(NC(C)c4ccc(Cl)cc4F)nn3-c3cccc(C)n3)cc12. The number of pyridine rings is 2. The second-order valence-corrected chi connectivity index (χ2v) is 8.81. The van der Waals surface area contributed by atoms with E-state index in [2.05, 4.69) is 20.7 Å². The zero-order valence-corrected chi connectivity index (χ0v) is 20.6. The summed E-state index contributed by atoms with van der Waals surface area (Å²) < 4.78 is 17.9. The van der Waals surface area contributed by atoms with Gasteiger partial charge in [-0.25, -0.2) is 18.6 Å². The van der Waals surface area contributed by atoms with Crippen molar-refractivity contribution in [3.63, 3.8) is 0 Å². The highest BCUT2D eigenvalue weighted by Crippen LogP contribution is 2.30. The van der Waals surface area contributed by atoms with Gasteiger partial charge < -0.3 is 10.6 Å². The lowest BCUT2D eigenvalue weighted by atomic mass is 10.1. The molecule has 1 atom stereocenters. The van der Waals surface area contributed by atoms with E-state index in [1.807, 2.05) is 50.2 Å². The fourth-order valence-corrected chi connectivity index (χ4v) is 4.24. The van der Waals surface area contributed by atoms with Gasteiger partial charge in [-0.05, 0) is 50.2 Å². The van der Waals surface area contributed by atoms with Crippen LogP contribution < -0.4 is 10.6 Å². The van der Waals surface area contributed by atoms with Crippen LogP contribution in [0.5, 0.6) is 0 Å². The molecule has 1 aromatic carbocycles. The number of fused-ring (bicyclic) bond motifs is 1. The van der Waals surface area contributed by atoms with Gasteiger partial charge in [-0.2, -0.15) is 5.10 Å². The summed E-state index contributed by atoms with van der Waals surface area (Å²) in [5.41, 5.74) is 3.98. The molecular weight excluding hydrogens is 481 g/mol. The lowest BCUT2D eigenvalue weighted by Gasteiger charge is -2.14. The molecule has 0 spiro atoms. The molecule has 0 fully saturated rings. The van der Waals surface area contributed by atoms with E-state index in [0.29, 0.717) is 33.3 Å². The van der Waals surface area contributed by atoms with Crippen LogP contribution in [0.4, 0.5) is 10.2 Å². The molecule has 0 saturated carbocycles. The summed E-state index contributed by atoms with van der Waals surface area (Å²) in [6.07, 6.45) is 3.32. The summed E-state index contributed by atoms with van der Waals surface area (Å²) in [5.74, 6) is 0.547. The van der Waals surface area contributed by atoms with Crippen LogP contribution in [0.25, 0.3) is 22.6 Å². The van der Waals surface area contributed by atoms with Crippen LogP contribution in [0.2, 0.25) is 5.02 Å². The molecule has 0 aliphatic rings. The third-order valence-electron chi connectivity index (χ3n) is 5.88. The van der Waals surface area contributed by atoms with Gasteiger partial charge in [-0.15, -0.1) is 5.10 Å². The number of benzene rings is 1. The highest BCUT2D eigenvalue weighted by Gasteiger charge is 2.19. The minimum Gasteiger partial charge on any atom is -0.362 e. The van der Waals surface area contributed by atoms with E-state index in [4.69, 9.17) is 16.7 Å². The highest BCUT2D eigenvalue weighted by molar-refractivity contribution is 6.30. The molecule has 5 aromatic rings. The minimum absolute atomic E-state index is 0.225. The number of rotatable bonds is 6. The Kier molecular flexibility index (Phi) is 6.15. The molecule has 2 N–H and O–H groups in total. The van der Waals surface area contributed by atoms with Gasteiger partial charge in [0.2, 0.25) is 0 Å². The van der Waals surface area contributed by atoms with E-state index in [0.717, 1.165) is 17.0 Å². The number of carbonyl (C=O) groups excluding carboxylic acids is 1. The Morgan fingerprint density at radius 1 is 1.14 bits per heavy atom. The minimum atomic E-state index is -0.393. The van der Waals surface area contributed by atoms with Crippen LogP contribution in [0, 0.1) is 12.7 Å². The van der Waals surface area contributed by atoms with Gasteiger partial charge in [0.05, 0.1) is 29.0 Å². The fourth-order valence-electron chi connectivity index (χ4n) is 4.08. The summed E-state index contributed by atoms with van der Waals surface area (Å²) >= 11 is 5.91. The van der Waals surface area contributed by atoms with E-state index >= 15 is 0 Å². The summed E-state index contributed by atoms with van der Waals surface area (Å²) in [6.45, 7) is 3.76. The van der Waals surface area contributed by atoms with Crippen molar-refractivity contribution in [1.29, 1.82) is 0 Å². The Balaban J connectivity index is 1.60. The van der Waals surface area contributed by atoms with Gasteiger partial charge in [-0.1, -0.05) is 23.7 Å². The molecule has 0 radical (unpaired) electrons. The molecule has 0 saturated heterocycles. The van der Waals surface area contributed by atoms with Crippen LogP contribution in [0.1, 0.15) is 34.6 Å². The number of anilines is 1. The van der Waals surface area contributed by atoms with Gasteiger partial charge >= 0.3 is 0 Å². The van der Waals surface area contributed by atoms with Crippen LogP contribution in [0.3, 0.4) is 0 Å². The lowest BCUT2D eigenvalue weighted by molar-refractivity contribution is 0.0964. The number of hydrogen-bond donors (Lipinski definition) is 2. The Bertz CT molecular complexity index is 1590. The van der Waals surface area contributed by atoms with Crippen LogP contribution >= 0.6 is 11.6 Å². The van der Waals surface area contributed by atoms with Crippen molar-refractivity contribution in [1.82, 2.24) is 29.7 Å². The summed E-state index contributed by atoms with van der Waals surface area (Å²) in [7, 11) is 1.58. The van der Waals surface area contributed by atoms with Gasteiger partial charge in [0.25, 0.3) is 5.91 Å². The van der Waals surface area contributed by atoms with Crippen molar-refractivity contribution in [3.05, 3.63) is 94.7 Å².